The SMILES string of the molecule is NC1CCCCC1Sc1cccc(Br)c1. The van der Waals surface area contributed by atoms with Crippen LogP contribution < -0.4 is 5.73 Å². The summed E-state index contributed by atoms with van der Waals surface area (Å²) in [6.07, 6.45) is 5.08. The smallest absolute Gasteiger partial charge is 0.0246 e. The first-order valence-corrected chi connectivity index (χ1v) is 7.11. The lowest BCUT2D eigenvalue weighted by atomic mass is 9.96. The molecule has 1 aromatic carbocycles. The molecule has 0 heterocycles. The van der Waals surface area contributed by atoms with Crippen molar-refractivity contribution in [2.24, 2.45) is 5.73 Å². The van der Waals surface area contributed by atoms with Crippen LogP contribution in [-0.4, -0.2) is 11.3 Å². The molecule has 2 atom stereocenters. The van der Waals surface area contributed by atoms with Crippen molar-refractivity contribution in [2.75, 3.05) is 0 Å². The molecule has 2 rings (SSSR count). The number of hydrogen-bond acceptors (Lipinski definition) is 2. The van der Waals surface area contributed by atoms with E-state index in [9.17, 15) is 0 Å². The summed E-state index contributed by atoms with van der Waals surface area (Å²) in [5.41, 5.74) is 6.13. The fourth-order valence-electron chi connectivity index (χ4n) is 1.99. The van der Waals surface area contributed by atoms with Gasteiger partial charge in [-0.05, 0) is 31.0 Å². The molecule has 3 heteroatoms. The molecule has 0 spiro atoms. The number of rotatable bonds is 2. The van der Waals surface area contributed by atoms with Crippen LogP contribution in [0, 0.1) is 0 Å². The molecule has 1 aliphatic rings. The summed E-state index contributed by atoms with van der Waals surface area (Å²) in [5.74, 6) is 0. The van der Waals surface area contributed by atoms with Gasteiger partial charge in [-0.2, -0.15) is 0 Å². The van der Waals surface area contributed by atoms with Gasteiger partial charge in [-0.25, -0.2) is 0 Å². The highest BCUT2D eigenvalue weighted by Gasteiger charge is 2.22. The van der Waals surface area contributed by atoms with Gasteiger partial charge in [0.1, 0.15) is 0 Å². The maximum Gasteiger partial charge on any atom is 0.0246 e. The van der Waals surface area contributed by atoms with E-state index in [0.717, 1.165) is 4.47 Å². The van der Waals surface area contributed by atoms with Gasteiger partial charge in [0, 0.05) is 20.7 Å². The standard InChI is InChI=1S/C12H16BrNS/c13-9-4-3-5-10(8-9)15-12-7-2-1-6-11(12)14/h3-5,8,11-12H,1-2,6-7,14H2. The number of thioether (sulfide) groups is 1. The van der Waals surface area contributed by atoms with E-state index in [1.165, 1.54) is 30.6 Å². The highest BCUT2D eigenvalue weighted by atomic mass is 79.9. The minimum Gasteiger partial charge on any atom is -0.327 e. The second-order valence-corrected chi connectivity index (χ2v) is 6.29. The molecular weight excluding hydrogens is 270 g/mol. The van der Waals surface area contributed by atoms with Crippen LogP contribution in [0.5, 0.6) is 0 Å². The highest BCUT2D eigenvalue weighted by molar-refractivity contribution is 9.10. The lowest BCUT2D eigenvalue weighted by Gasteiger charge is -2.27. The van der Waals surface area contributed by atoms with Gasteiger partial charge in [-0.15, -0.1) is 11.8 Å². The maximum atomic E-state index is 6.13. The number of nitrogens with two attached hydrogens (primary N) is 1. The van der Waals surface area contributed by atoms with Gasteiger partial charge in [0.15, 0.2) is 0 Å². The van der Waals surface area contributed by atoms with Crippen LogP contribution in [0.2, 0.25) is 0 Å². The monoisotopic (exact) mass is 285 g/mol. The summed E-state index contributed by atoms with van der Waals surface area (Å²) in [5, 5.41) is 0.605. The van der Waals surface area contributed by atoms with Crippen molar-refractivity contribution in [1.82, 2.24) is 0 Å². The van der Waals surface area contributed by atoms with Gasteiger partial charge in [0.05, 0.1) is 0 Å². The van der Waals surface area contributed by atoms with Crippen molar-refractivity contribution >= 4 is 27.7 Å². The first-order valence-electron chi connectivity index (χ1n) is 5.43. The summed E-state index contributed by atoms with van der Waals surface area (Å²) in [6, 6.07) is 8.86. The molecule has 82 valence electrons. The zero-order valence-electron chi connectivity index (χ0n) is 8.66. The van der Waals surface area contributed by atoms with E-state index in [1.807, 2.05) is 11.8 Å². The molecule has 0 aromatic heterocycles. The Bertz CT molecular complexity index is 329. The van der Waals surface area contributed by atoms with Crippen molar-refractivity contribution in [3.63, 3.8) is 0 Å². The molecule has 1 nitrogen and oxygen atoms in total. The van der Waals surface area contributed by atoms with Crippen LogP contribution in [0.1, 0.15) is 25.7 Å². The van der Waals surface area contributed by atoms with E-state index in [2.05, 4.69) is 40.2 Å². The molecule has 2 unspecified atom stereocenters. The fourth-order valence-corrected chi connectivity index (χ4v) is 3.83. The van der Waals surface area contributed by atoms with Crippen LogP contribution in [0.3, 0.4) is 0 Å². The molecule has 15 heavy (non-hydrogen) atoms. The zero-order valence-corrected chi connectivity index (χ0v) is 11.1. The maximum absolute atomic E-state index is 6.13. The van der Waals surface area contributed by atoms with E-state index < -0.39 is 0 Å². The predicted molar refractivity (Wildman–Crippen MR) is 70.2 cm³/mol. The van der Waals surface area contributed by atoms with E-state index >= 15 is 0 Å². The van der Waals surface area contributed by atoms with Gasteiger partial charge in [-0.1, -0.05) is 34.8 Å². The van der Waals surface area contributed by atoms with Gasteiger partial charge < -0.3 is 5.73 Å². The zero-order chi connectivity index (χ0) is 10.7. The Morgan fingerprint density at radius 3 is 2.80 bits per heavy atom. The Balaban J connectivity index is 2.01. The van der Waals surface area contributed by atoms with Crippen molar-refractivity contribution in [3.8, 4) is 0 Å². The van der Waals surface area contributed by atoms with E-state index in [-0.39, 0.29) is 0 Å². The normalized spacial score (nSPS) is 26.5. The third-order valence-electron chi connectivity index (χ3n) is 2.84. The molecule has 0 radical (unpaired) electrons. The van der Waals surface area contributed by atoms with Crippen molar-refractivity contribution in [3.05, 3.63) is 28.7 Å². The second kappa shape index (κ2) is 5.37. The molecule has 0 aliphatic heterocycles. The Morgan fingerprint density at radius 1 is 1.27 bits per heavy atom. The minimum atomic E-state index is 0.378. The molecular formula is C12H16BrNS. The second-order valence-electron chi connectivity index (χ2n) is 4.06. The average molecular weight is 286 g/mol. The average Bonchev–Trinajstić information content (AvgIpc) is 2.22. The van der Waals surface area contributed by atoms with Crippen LogP contribution in [0.25, 0.3) is 0 Å². The third-order valence-corrected chi connectivity index (χ3v) is 4.74. The minimum absolute atomic E-state index is 0.378. The van der Waals surface area contributed by atoms with Crippen LogP contribution >= 0.6 is 27.7 Å². The van der Waals surface area contributed by atoms with Gasteiger partial charge in [0.25, 0.3) is 0 Å². The largest absolute Gasteiger partial charge is 0.327 e. The fraction of sp³-hybridized carbons (Fsp3) is 0.500. The Labute approximate surface area is 104 Å². The lowest BCUT2D eigenvalue weighted by Crippen LogP contribution is -2.35. The van der Waals surface area contributed by atoms with Crippen molar-refractivity contribution in [1.29, 1.82) is 0 Å². The molecule has 1 saturated carbocycles. The number of hydrogen-bond donors (Lipinski definition) is 1. The summed E-state index contributed by atoms with van der Waals surface area (Å²) >= 11 is 5.43. The predicted octanol–water partition coefficient (Wildman–Crippen LogP) is 3.81. The lowest BCUT2D eigenvalue weighted by molar-refractivity contribution is 0.453. The molecule has 0 amide bonds. The quantitative estimate of drug-likeness (QED) is 0.894. The molecule has 1 fully saturated rings. The van der Waals surface area contributed by atoms with E-state index in [4.69, 9.17) is 5.73 Å². The highest BCUT2D eigenvalue weighted by Crippen LogP contribution is 2.33. The van der Waals surface area contributed by atoms with Crippen LogP contribution in [-0.2, 0) is 0 Å². The van der Waals surface area contributed by atoms with Crippen molar-refractivity contribution in [2.45, 2.75) is 41.9 Å². The molecule has 1 aliphatic carbocycles. The molecule has 2 N–H and O–H groups in total. The third kappa shape index (κ3) is 3.23. The molecule has 0 bridgehead atoms. The van der Waals surface area contributed by atoms with Gasteiger partial charge in [0.2, 0.25) is 0 Å². The number of benzene rings is 1. The first kappa shape index (κ1) is 11.5. The van der Waals surface area contributed by atoms with Gasteiger partial charge >= 0.3 is 0 Å². The van der Waals surface area contributed by atoms with Crippen LogP contribution in [0.15, 0.2) is 33.6 Å². The van der Waals surface area contributed by atoms with Gasteiger partial charge in [-0.3, -0.25) is 0 Å². The van der Waals surface area contributed by atoms with E-state index in [1.54, 1.807) is 0 Å². The Kier molecular flexibility index (Phi) is 4.12. The molecule has 0 saturated heterocycles. The van der Waals surface area contributed by atoms with Crippen molar-refractivity contribution < 1.29 is 0 Å². The summed E-state index contributed by atoms with van der Waals surface area (Å²) in [7, 11) is 0. The summed E-state index contributed by atoms with van der Waals surface area (Å²) in [6.45, 7) is 0. The Hall–Kier alpha value is 0.01000. The van der Waals surface area contributed by atoms with Crippen LogP contribution in [0.4, 0.5) is 0 Å². The topological polar surface area (TPSA) is 26.0 Å². The number of halogens is 1. The molecule has 1 aromatic rings. The first-order chi connectivity index (χ1) is 7.25. The summed E-state index contributed by atoms with van der Waals surface area (Å²) in [4.78, 5) is 1.33. The van der Waals surface area contributed by atoms with E-state index in [0.29, 0.717) is 11.3 Å². The summed E-state index contributed by atoms with van der Waals surface area (Å²) < 4.78 is 1.15. The Morgan fingerprint density at radius 2 is 2.07 bits per heavy atom.